The SMILES string of the molecule is Cc1noc2nc(C(C)C)cc(C(=O)NC(CCO)C(C)C)c12. The van der Waals surface area contributed by atoms with Crippen molar-refractivity contribution in [1.82, 2.24) is 15.5 Å². The molecule has 2 rings (SSSR count). The molecule has 0 fully saturated rings. The molecule has 23 heavy (non-hydrogen) atoms. The minimum Gasteiger partial charge on any atom is -0.396 e. The van der Waals surface area contributed by atoms with Gasteiger partial charge in [-0.25, -0.2) is 4.98 Å². The largest absolute Gasteiger partial charge is 0.396 e. The lowest BCUT2D eigenvalue weighted by atomic mass is 9.99. The van der Waals surface area contributed by atoms with Crippen LogP contribution in [-0.4, -0.2) is 33.8 Å². The standard InChI is InChI=1S/C17H25N3O3/c1-9(2)13(6-7-21)18-16(22)12-8-14(10(3)4)19-17-15(12)11(5)20-23-17/h8-10,13,21H,6-7H2,1-5H3,(H,18,22). The molecular formula is C17H25N3O3. The molecule has 2 aromatic heterocycles. The first-order chi connectivity index (χ1) is 10.8. The molecule has 1 amide bonds. The van der Waals surface area contributed by atoms with Crippen LogP contribution in [0.1, 0.15) is 61.8 Å². The minimum absolute atomic E-state index is 0.0401. The van der Waals surface area contributed by atoms with Crippen molar-refractivity contribution in [3.63, 3.8) is 0 Å². The third-order valence-electron chi connectivity index (χ3n) is 4.03. The van der Waals surface area contributed by atoms with E-state index in [1.54, 1.807) is 6.92 Å². The molecule has 0 saturated carbocycles. The highest BCUT2D eigenvalue weighted by molar-refractivity contribution is 6.06. The fourth-order valence-electron chi connectivity index (χ4n) is 2.55. The molecule has 126 valence electrons. The van der Waals surface area contributed by atoms with E-state index in [0.717, 1.165) is 5.69 Å². The third kappa shape index (κ3) is 3.69. The van der Waals surface area contributed by atoms with Crippen LogP contribution in [0.25, 0.3) is 11.1 Å². The summed E-state index contributed by atoms with van der Waals surface area (Å²) in [6, 6.07) is 1.72. The molecule has 0 aliphatic carbocycles. The third-order valence-corrected chi connectivity index (χ3v) is 4.03. The molecule has 0 spiro atoms. The lowest BCUT2D eigenvalue weighted by Crippen LogP contribution is -2.39. The van der Waals surface area contributed by atoms with Gasteiger partial charge in [-0.2, -0.15) is 0 Å². The Labute approximate surface area is 136 Å². The van der Waals surface area contributed by atoms with Gasteiger partial charge in [-0.1, -0.05) is 32.9 Å². The first-order valence-electron chi connectivity index (χ1n) is 8.03. The van der Waals surface area contributed by atoms with E-state index in [9.17, 15) is 9.90 Å². The van der Waals surface area contributed by atoms with E-state index < -0.39 is 0 Å². The maximum Gasteiger partial charge on any atom is 0.259 e. The van der Waals surface area contributed by atoms with Gasteiger partial charge in [-0.05, 0) is 31.2 Å². The van der Waals surface area contributed by atoms with Crippen molar-refractivity contribution in [1.29, 1.82) is 0 Å². The van der Waals surface area contributed by atoms with Gasteiger partial charge in [0.05, 0.1) is 16.6 Å². The molecule has 0 aliphatic rings. The maximum absolute atomic E-state index is 12.8. The Kier molecular flexibility index (Phi) is 5.36. The number of nitrogens with one attached hydrogen (secondary N) is 1. The second kappa shape index (κ2) is 7.08. The number of aliphatic hydroxyl groups is 1. The molecule has 0 radical (unpaired) electrons. The predicted molar refractivity (Wildman–Crippen MR) is 88.4 cm³/mol. The number of aromatic nitrogens is 2. The number of aryl methyl sites for hydroxylation is 1. The van der Waals surface area contributed by atoms with Crippen molar-refractivity contribution in [2.45, 2.75) is 53.0 Å². The zero-order chi connectivity index (χ0) is 17.1. The van der Waals surface area contributed by atoms with Crippen molar-refractivity contribution in [3.8, 4) is 0 Å². The Morgan fingerprint density at radius 1 is 1.35 bits per heavy atom. The maximum atomic E-state index is 12.8. The zero-order valence-corrected chi connectivity index (χ0v) is 14.4. The number of fused-ring (bicyclic) bond motifs is 1. The topological polar surface area (TPSA) is 88.2 Å². The molecule has 1 unspecified atom stereocenters. The molecule has 2 heterocycles. The van der Waals surface area contributed by atoms with Crippen molar-refractivity contribution in [2.75, 3.05) is 6.61 Å². The fourth-order valence-corrected chi connectivity index (χ4v) is 2.55. The van der Waals surface area contributed by atoms with Gasteiger partial charge in [0.15, 0.2) is 0 Å². The molecular weight excluding hydrogens is 294 g/mol. The van der Waals surface area contributed by atoms with Crippen LogP contribution in [-0.2, 0) is 0 Å². The molecule has 0 aliphatic heterocycles. The van der Waals surface area contributed by atoms with Crippen LogP contribution in [0.15, 0.2) is 10.6 Å². The van der Waals surface area contributed by atoms with Gasteiger partial charge in [0.1, 0.15) is 0 Å². The highest BCUT2D eigenvalue weighted by Gasteiger charge is 2.22. The molecule has 6 nitrogen and oxygen atoms in total. The van der Waals surface area contributed by atoms with E-state index >= 15 is 0 Å². The quantitative estimate of drug-likeness (QED) is 0.854. The average Bonchev–Trinajstić information content (AvgIpc) is 2.87. The van der Waals surface area contributed by atoms with Crippen LogP contribution >= 0.6 is 0 Å². The summed E-state index contributed by atoms with van der Waals surface area (Å²) < 4.78 is 5.25. The number of hydrogen-bond acceptors (Lipinski definition) is 5. The summed E-state index contributed by atoms with van der Waals surface area (Å²) >= 11 is 0. The summed E-state index contributed by atoms with van der Waals surface area (Å²) in [5.41, 5.74) is 2.36. The van der Waals surface area contributed by atoms with Gasteiger partial charge in [-0.15, -0.1) is 0 Å². The van der Waals surface area contributed by atoms with E-state index in [1.165, 1.54) is 0 Å². The van der Waals surface area contributed by atoms with Gasteiger partial charge < -0.3 is 14.9 Å². The molecule has 0 saturated heterocycles. The number of hydrogen-bond donors (Lipinski definition) is 2. The van der Waals surface area contributed by atoms with Crippen LogP contribution in [0.2, 0.25) is 0 Å². The number of nitrogens with zero attached hydrogens (tertiary/aromatic N) is 2. The smallest absolute Gasteiger partial charge is 0.259 e. The van der Waals surface area contributed by atoms with Gasteiger partial charge in [0, 0.05) is 18.3 Å². The Balaban J connectivity index is 2.44. The summed E-state index contributed by atoms with van der Waals surface area (Å²) in [7, 11) is 0. The second-order valence-corrected chi connectivity index (χ2v) is 6.53. The Morgan fingerprint density at radius 3 is 2.61 bits per heavy atom. The van der Waals surface area contributed by atoms with Crippen molar-refractivity contribution < 1.29 is 14.4 Å². The lowest BCUT2D eigenvalue weighted by Gasteiger charge is -2.22. The van der Waals surface area contributed by atoms with E-state index in [1.807, 2.05) is 33.8 Å². The van der Waals surface area contributed by atoms with Crippen molar-refractivity contribution in [2.24, 2.45) is 5.92 Å². The number of rotatable bonds is 6. The number of carbonyl (C=O) groups excluding carboxylic acids is 1. The monoisotopic (exact) mass is 319 g/mol. The first kappa shape index (κ1) is 17.4. The molecule has 1 atom stereocenters. The Bertz CT molecular complexity index is 692. The van der Waals surface area contributed by atoms with E-state index in [4.69, 9.17) is 4.52 Å². The summed E-state index contributed by atoms with van der Waals surface area (Å²) in [5, 5.41) is 16.8. The first-order valence-corrected chi connectivity index (χ1v) is 8.03. The number of amides is 1. The summed E-state index contributed by atoms with van der Waals surface area (Å²) in [6.07, 6.45) is 0.525. The molecule has 0 bridgehead atoms. The highest BCUT2D eigenvalue weighted by atomic mass is 16.5. The van der Waals surface area contributed by atoms with Crippen LogP contribution < -0.4 is 5.32 Å². The van der Waals surface area contributed by atoms with E-state index in [0.29, 0.717) is 28.8 Å². The van der Waals surface area contributed by atoms with Crippen LogP contribution in [0.4, 0.5) is 0 Å². The summed E-state index contributed by atoms with van der Waals surface area (Å²) in [5.74, 6) is 0.226. The predicted octanol–water partition coefficient (Wildman–Crippen LogP) is 2.79. The average molecular weight is 319 g/mol. The highest BCUT2D eigenvalue weighted by Crippen LogP contribution is 2.25. The molecule has 6 heteroatoms. The van der Waals surface area contributed by atoms with Crippen LogP contribution in [0, 0.1) is 12.8 Å². The molecule has 0 aromatic carbocycles. The molecule has 2 aromatic rings. The minimum atomic E-state index is -0.183. The Hall–Kier alpha value is -1.95. The van der Waals surface area contributed by atoms with Gasteiger partial charge >= 0.3 is 0 Å². The second-order valence-electron chi connectivity index (χ2n) is 6.53. The van der Waals surface area contributed by atoms with E-state index in [2.05, 4.69) is 15.5 Å². The molecule has 2 N–H and O–H groups in total. The number of carbonyl (C=O) groups is 1. The van der Waals surface area contributed by atoms with Gasteiger partial charge in [0.25, 0.3) is 11.6 Å². The number of aliphatic hydroxyl groups excluding tert-OH is 1. The number of pyridine rings is 1. The normalized spacial score (nSPS) is 13.0. The van der Waals surface area contributed by atoms with Crippen molar-refractivity contribution >= 4 is 17.0 Å². The lowest BCUT2D eigenvalue weighted by molar-refractivity contribution is 0.0918. The van der Waals surface area contributed by atoms with Crippen LogP contribution in [0.3, 0.4) is 0 Å². The van der Waals surface area contributed by atoms with Gasteiger partial charge in [-0.3, -0.25) is 4.79 Å². The summed E-state index contributed by atoms with van der Waals surface area (Å²) in [4.78, 5) is 17.2. The van der Waals surface area contributed by atoms with E-state index in [-0.39, 0.29) is 30.4 Å². The van der Waals surface area contributed by atoms with Crippen LogP contribution in [0.5, 0.6) is 0 Å². The zero-order valence-electron chi connectivity index (χ0n) is 14.4. The Morgan fingerprint density at radius 2 is 2.04 bits per heavy atom. The van der Waals surface area contributed by atoms with Crippen molar-refractivity contribution in [3.05, 3.63) is 23.0 Å². The fraction of sp³-hybridized carbons (Fsp3) is 0.588. The van der Waals surface area contributed by atoms with Gasteiger partial charge in [0.2, 0.25) is 0 Å². The summed E-state index contributed by atoms with van der Waals surface area (Å²) in [6.45, 7) is 9.91.